The summed E-state index contributed by atoms with van der Waals surface area (Å²) in [7, 11) is 0. The Labute approximate surface area is 216 Å². The Balaban J connectivity index is 1.30. The van der Waals surface area contributed by atoms with Gasteiger partial charge in [-0.05, 0) is 48.2 Å². The number of nitrogens with zero attached hydrogens (tertiary/aromatic N) is 4. The highest BCUT2D eigenvalue weighted by molar-refractivity contribution is 5.97. The van der Waals surface area contributed by atoms with Crippen molar-refractivity contribution in [2.45, 2.75) is 12.8 Å². The molecule has 0 unspecified atom stereocenters. The van der Waals surface area contributed by atoms with Gasteiger partial charge in [-0.3, -0.25) is 14.9 Å². The minimum atomic E-state index is 0.0191. The van der Waals surface area contributed by atoms with E-state index in [0.717, 1.165) is 62.5 Å². The summed E-state index contributed by atoms with van der Waals surface area (Å²) in [6, 6.07) is 17.6. The van der Waals surface area contributed by atoms with Gasteiger partial charge in [-0.1, -0.05) is 18.2 Å². The van der Waals surface area contributed by atoms with Crippen molar-refractivity contribution in [1.29, 1.82) is 5.26 Å². The van der Waals surface area contributed by atoms with Gasteiger partial charge < -0.3 is 19.9 Å². The first-order valence-corrected chi connectivity index (χ1v) is 12.4. The molecule has 0 radical (unpaired) electrons. The molecule has 0 bridgehead atoms. The van der Waals surface area contributed by atoms with Crippen LogP contribution in [-0.2, 0) is 11.2 Å². The van der Waals surface area contributed by atoms with E-state index in [9.17, 15) is 10.4 Å². The third-order valence-corrected chi connectivity index (χ3v) is 6.40. The molecule has 5 rings (SSSR count). The normalized spacial score (nSPS) is 13.8. The van der Waals surface area contributed by atoms with Gasteiger partial charge in [0, 0.05) is 55.4 Å². The van der Waals surface area contributed by atoms with Gasteiger partial charge in [0.15, 0.2) is 11.5 Å². The molecule has 8 nitrogen and oxygen atoms in total. The first-order chi connectivity index (χ1) is 18.2. The van der Waals surface area contributed by atoms with Gasteiger partial charge in [0.2, 0.25) is 0 Å². The zero-order valence-corrected chi connectivity index (χ0v) is 20.6. The number of nitriles is 1. The molecule has 1 aliphatic rings. The van der Waals surface area contributed by atoms with Crippen LogP contribution in [0.15, 0.2) is 67.1 Å². The first-order valence-electron chi connectivity index (χ1n) is 12.4. The average molecular weight is 496 g/mol. The maximum Gasteiger partial charge on any atom is 0.163 e. The molecular weight excluding hydrogens is 466 g/mol. The number of morpholine rings is 1. The predicted molar refractivity (Wildman–Crippen MR) is 142 cm³/mol. The lowest BCUT2D eigenvalue weighted by atomic mass is 10.1. The van der Waals surface area contributed by atoms with Gasteiger partial charge >= 0.3 is 0 Å². The van der Waals surface area contributed by atoms with E-state index in [-0.39, 0.29) is 5.75 Å². The molecule has 1 aliphatic heterocycles. The van der Waals surface area contributed by atoms with Gasteiger partial charge in [0.05, 0.1) is 36.6 Å². The van der Waals surface area contributed by atoms with Crippen molar-refractivity contribution in [2.24, 2.45) is 0 Å². The molecule has 0 saturated carbocycles. The summed E-state index contributed by atoms with van der Waals surface area (Å²) in [6.07, 6.45) is 6.81. The van der Waals surface area contributed by atoms with Crippen LogP contribution in [-0.4, -0.2) is 59.4 Å². The third kappa shape index (κ3) is 6.15. The molecule has 2 aromatic heterocycles. The fourth-order valence-corrected chi connectivity index (χ4v) is 4.43. The SMILES string of the molecule is N#Cc1cnc2cc(OCCCN3CCOCC3)c(O)cc2c1Nc1ccc(Cc2cccnc2)cc1. The maximum absolute atomic E-state index is 10.7. The molecule has 0 atom stereocenters. The van der Waals surface area contributed by atoms with Crippen LogP contribution in [0.3, 0.4) is 0 Å². The standard InChI is InChI=1S/C29H29N5O3/c30-18-23-20-32-26-17-28(37-12-2-9-34-10-13-36-14-11-34)27(35)16-25(26)29(23)33-24-6-4-21(5-7-24)15-22-3-1-8-31-19-22/h1,3-8,16-17,19-20,35H,2,9-15H2,(H,32,33). The van der Waals surface area contributed by atoms with Gasteiger partial charge in [0.1, 0.15) is 6.07 Å². The third-order valence-electron chi connectivity index (χ3n) is 6.40. The molecule has 1 saturated heterocycles. The van der Waals surface area contributed by atoms with E-state index in [1.165, 1.54) is 0 Å². The van der Waals surface area contributed by atoms with E-state index in [4.69, 9.17) is 9.47 Å². The number of rotatable bonds is 9. The van der Waals surface area contributed by atoms with Gasteiger partial charge in [0.25, 0.3) is 0 Å². The lowest BCUT2D eigenvalue weighted by molar-refractivity contribution is 0.0357. The van der Waals surface area contributed by atoms with E-state index in [1.54, 1.807) is 24.5 Å². The van der Waals surface area contributed by atoms with Crippen LogP contribution in [0, 0.1) is 11.3 Å². The molecule has 0 spiro atoms. The van der Waals surface area contributed by atoms with Crippen LogP contribution in [0.4, 0.5) is 11.4 Å². The molecule has 188 valence electrons. The molecule has 8 heteroatoms. The van der Waals surface area contributed by atoms with Crippen molar-refractivity contribution in [2.75, 3.05) is 44.8 Å². The van der Waals surface area contributed by atoms with Crippen molar-refractivity contribution in [1.82, 2.24) is 14.9 Å². The van der Waals surface area contributed by atoms with E-state index in [1.807, 2.05) is 36.5 Å². The van der Waals surface area contributed by atoms with Crippen molar-refractivity contribution in [3.63, 3.8) is 0 Å². The molecule has 0 aliphatic carbocycles. The number of benzene rings is 2. The van der Waals surface area contributed by atoms with Crippen LogP contribution in [0.2, 0.25) is 0 Å². The molecule has 2 aromatic carbocycles. The minimum absolute atomic E-state index is 0.0191. The molecular formula is C29H29N5O3. The summed E-state index contributed by atoms with van der Waals surface area (Å²) in [5, 5.41) is 24.4. The highest BCUT2D eigenvalue weighted by atomic mass is 16.5. The Morgan fingerprint density at radius 1 is 1.08 bits per heavy atom. The Bertz CT molecular complexity index is 1380. The second kappa shape index (κ2) is 11.7. The largest absolute Gasteiger partial charge is 0.504 e. The number of phenolic OH excluding ortho intramolecular Hbond substituents is 1. The topological polar surface area (TPSA) is 104 Å². The number of phenols is 1. The number of pyridine rings is 2. The van der Waals surface area contributed by atoms with Crippen LogP contribution in [0.25, 0.3) is 10.9 Å². The lowest BCUT2D eigenvalue weighted by Gasteiger charge is -2.26. The van der Waals surface area contributed by atoms with Crippen LogP contribution >= 0.6 is 0 Å². The fourth-order valence-electron chi connectivity index (χ4n) is 4.43. The second-order valence-corrected chi connectivity index (χ2v) is 9.01. The van der Waals surface area contributed by atoms with Crippen LogP contribution < -0.4 is 10.1 Å². The van der Waals surface area contributed by atoms with Gasteiger partial charge in [-0.15, -0.1) is 0 Å². The first kappa shape index (κ1) is 24.5. The molecule has 1 fully saturated rings. The number of nitrogens with one attached hydrogen (secondary N) is 1. The van der Waals surface area contributed by atoms with Crippen molar-refractivity contribution in [3.8, 4) is 17.6 Å². The number of aromatic nitrogens is 2. The zero-order valence-electron chi connectivity index (χ0n) is 20.6. The maximum atomic E-state index is 10.7. The van der Waals surface area contributed by atoms with E-state index >= 15 is 0 Å². The monoisotopic (exact) mass is 495 g/mol. The lowest BCUT2D eigenvalue weighted by Crippen LogP contribution is -2.37. The van der Waals surface area contributed by atoms with Crippen LogP contribution in [0.5, 0.6) is 11.5 Å². The Morgan fingerprint density at radius 2 is 1.92 bits per heavy atom. The van der Waals surface area contributed by atoms with Gasteiger partial charge in [-0.2, -0.15) is 5.26 Å². The van der Waals surface area contributed by atoms with Gasteiger partial charge in [-0.25, -0.2) is 0 Å². The van der Waals surface area contributed by atoms with E-state index in [2.05, 4.69) is 32.3 Å². The average Bonchev–Trinajstić information content (AvgIpc) is 2.94. The highest BCUT2D eigenvalue weighted by Crippen LogP contribution is 2.36. The Hall–Kier alpha value is -4.19. The molecule has 3 heterocycles. The van der Waals surface area contributed by atoms with E-state index in [0.29, 0.717) is 34.5 Å². The summed E-state index contributed by atoms with van der Waals surface area (Å²) in [6.45, 7) is 4.84. The zero-order chi connectivity index (χ0) is 25.5. The van der Waals surface area contributed by atoms with Crippen molar-refractivity contribution >= 4 is 22.3 Å². The molecule has 0 amide bonds. The summed E-state index contributed by atoms with van der Waals surface area (Å²) >= 11 is 0. The number of hydrogen-bond acceptors (Lipinski definition) is 8. The van der Waals surface area contributed by atoms with Crippen molar-refractivity contribution in [3.05, 3.63) is 83.8 Å². The second-order valence-electron chi connectivity index (χ2n) is 9.01. The Morgan fingerprint density at radius 3 is 2.68 bits per heavy atom. The molecule has 2 N–H and O–H groups in total. The summed E-state index contributed by atoms with van der Waals surface area (Å²) in [4.78, 5) is 11.0. The van der Waals surface area contributed by atoms with E-state index < -0.39 is 0 Å². The smallest absolute Gasteiger partial charge is 0.163 e. The summed E-state index contributed by atoms with van der Waals surface area (Å²) in [5.74, 6) is 0.406. The number of fused-ring (bicyclic) bond motifs is 1. The predicted octanol–water partition coefficient (Wildman–Crippen LogP) is 4.64. The molecule has 4 aromatic rings. The highest BCUT2D eigenvalue weighted by Gasteiger charge is 2.15. The summed E-state index contributed by atoms with van der Waals surface area (Å²) < 4.78 is 11.3. The number of ether oxygens (including phenoxy) is 2. The van der Waals surface area contributed by atoms with Crippen molar-refractivity contribution < 1.29 is 14.6 Å². The Kier molecular flexibility index (Phi) is 7.75. The number of aromatic hydroxyl groups is 1. The molecule has 37 heavy (non-hydrogen) atoms. The van der Waals surface area contributed by atoms with Crippen LogP contribution in [0.1, 0.15) is 23.1 Å². The number of hydrogen-bond donors (Lipinski definition) is 2. The quantitative estimate of drug-likeness (QED) is 0.324. The minimum Gasteiger partial charge on any atom is -0.504 e. The summed E-state index contributed by atoms with van der Waals surface area (Å²) in [5.41, 5.74) is 4.76. The number of anilines is 2. The fraction of sp³-hybridized carbons (Fsp3) is 0.276.